The Kier molecular flexibility index (Phi) is 4.50. The second-order valence-corrected chi connectivity index (χ2v) is 8.63. The molecule has 3 atom stereocenters. The number of carbonyl (C=O) groups excluding carboxylic acids is 2. The number of aromatic hydroxyl groups is 1. The lowest BCUT2D eigenvalue weighted by molar-refractivity contribution is -0.199. The summed E-state index contributed by atoms with van der Waals surface area (Å²) in [5.74, 6) is -1.91. The molecule has 1 aromatic rings. The van der Waals surface area contributed by atoms with E-state index in [4.69, 9.17) is 23.2 Å². The summed E-state index contributed by atoms with van der Waals surface area (Å²) in [5, 5.41) is 12.9. The second kappa shape index (κ2) is 6.42. The van der Waals surface area contributed by atoms with E-state index in [1.807, 2.05) is 0 Å². The first-order chi connectivity index (χ1) is 13.0. The third-order valence-electron chi connectivity index (χ3n) is 6.09. The number of fused-ring (bicyclic) bond motifs is 2. The molecule has 0 radical (unpaired) electrons. The van der Waals surface area contributed by atoms with E-state index < -0.39 is 23.4 Å². The zero-order valence-electron chi connectivity index (χ0n) is 14.5. The van der Waals surface area contributed by atoms with Crippen molar-refractivity contribution in [1.29, 1.82) is 0 Å². The van der Waals surface area contributed by atoms with Crippen LogP contribution in [0.4, 0.5) is 13.2 Å². The lowest BCUT2D eigenvalue weighted by Crippen LogP contribution is -2.51. The molecule has 1 aromatic carbocycles. The molecule has 0 aromatic heterocycles. The van der Waals surface area contributed by atoms with E-state index in [2.05, 4.69) is 5.32 Å². The Morgan fingerprint density at radius 1 is 1.21 bits per heavy atom. The number of hydrogen-bond donors (Lipinski definition) is 2. The maximum atomic E-state index is 13.2. The summed E-state index contributed by atoms with van der Waals surface area (Å²) < 4.78 is 39.7. The zero-order valence-corrected chi connectivity index (χ0v) is 16.0. The zero-order chi connectivity index (χ0) is 20.4. The van der Waals surface area contributed by atoms with Crippen molar-refractivity contribution in [2.24, 2.45) is 11.3 Å². The summed E-state index contributed by atoms with van der Waals surface area (Å²) in [6.45, 7) is 0.189. The van der Waals surface area contributed by atoms with Crippen LogP contribution >= 0.6 is 23.2 Å². The number of phenolic OH excluding ortho intramolecular Hbond substituents is 1. The van der Waals surface area contributed by atoms with E-state index in [0.29, 0.717) is 12.8 Å². The molecule has 1 aliphatic heterocycles. The van der Waals surface area contributed by atoms with Gasteiger partial charge in [-0.1, -0.05) is 23.2 Å². The highest BCUT2D eigenvalue weighted by Gasteiger charge is 2.70. The molecule has 10 heteroatoms. The Labute approximate surface area is 168 Å². The highest BCUT2D eigenvalue weighted by atomic mass is 35.5. The first-order valence-electron chi connectivity index (χ1n) is 8.90. The SMILES string of the molecule is O=C(N[C@@H]1C[C@H]2C[C@@H]1CN2C(=O)C1(C(F)(F)F)CC1)c1cc(Cl)cc(Cl)c1O. The van der Waals surface area contributed by atoms with Crippen LogP contribution in [-0.4, -0.2) is 46.6 Å². The Balaban J connectivity index is 1.43. The standard InChI is InChI=1S/C18H17Cl2F3N2O3/c19-9-4-11(14(26)12(20)5-9)15(27)24-13-6-10-3-8(13)7-25(10)16(28)17(1-2-17)18(21,22)23/h4-5,8,10,13,26H,1-3,6-7H2,(H,24,27)/t8-,10-,13-/m1/s1. The minimum atomic E-state index is -4.52. The average Bonchev–Trinajstić information content (AvgIpc) is 3.22. The van der Waals surface area contributed by atoms with Gasteiger partial charge in [0.25, 0.3) is 5.91 Å². The number of nitrogens with one attached hydrogen (secondary N) is 1. The van der Waals surface area contributed by atoms with Gasteiger partial charge in [0.05, 0.1) is 10.6 Å². The van der Waals surface area contributed by atoms with Crippen molar-refractivity contribution in [1.82, 2.24) is 10.2 Å². The van der Waals surface area contributed by atoms with Crippen molar-refractivity contribution in [3.8, 4) is 5.75 Å². The van der Waals surface area contributed by atoms with Gasteiger partial charge in [0, 0.05) is 23.7 Å². The molecule has 1 heterocycles. The molecule has 2 saturated carbocycles. The lowest BCUT2D eigenvalue weighted by Gasteiger charge is -2.35. The largest absolute Gasteiger partial charge is 0.506 e. The van der Waals surface area contributed by atoms with E-state index in [1.165, 1.54) is 17.0 Å². The van der Waals surface area contributed by atoms with E-state index in [9.17, 15) is 27.9 Å². The van der Waals surface area contributed by atoms with E-state index in [0.717, 1.165) is 0 Å². The molecule has 3 fully saturated rings. The summed E-state index contributed by atoms with van der Waals surface area (Å²) in [5.41, 5.74) is -2.28. The van der Waals surface area contributed by atoms with Gasteiger partial charge >= 0.3 is 6.18 Å². The van der Waals surface area contributed by atoms with Crippen LogP contribution in [0, 0.1) is 11.3 Å². The van der Waals surface area contributed by atoms with Gasteiger partial charge in [0.2, 0.25) is 5.91 Å². The van der Waals surface area contributed by atoms with Gasteiger partial charge in [-0.2, -0.15) is 13.2 Å². The van der Waals surface area contributed by atoms with E-state index in [1.54, 1.807) is 0 Å². The number of nitrogens with zero attached hydrogens (tertiary/aromatic N) is 1. The first-order valence-corrected chi connectivity index (χ1v) is 9.66. The molecule has 5 nitrogen and oxygen atoms in total. The third kappa shape index (κ3) is 3.01. The molecule has 1 saturated heterocycles. The van der Waals surface area contributed by atoms with Crippen LogP contribution in [0.3, 0.4) is 0 Å². The van der Waals surface area contributed by atoms with Gasteiger partial charge in [0.15, 0.2) is 0 Å². The monoisotopic (exact) mass is 436 g/mol. The number of hydrogen-bond acceptors (Lipinski definition) is 3. The number of amides is 2. The Morgan fingerprint density at radius 3 is 2.43 bits per heavy atom. The van der Waals surface area contributed by atoms with Crippen LogP contribution in [0.25, 0.3) is 0 Å². The van der Waals surface area contributed by atoms with Crippen LogP contribution in [0.1, 0.15) is 36.0 Å². The number of piperidine rings is 1. The molecule has 2 bridgehead atoms. The summed E-state index contributed by atoms with van der Waals surface area (Å²) >= 11 is 11.7. The summed E-state index contributed by atoms with van der Waals surface area (Å²) in [6, 6.07) is 1.99. The van der Waals surface area contributed by atoms with E-state index >= 15 is 0 Å². The van der Waals surface area contributed by atoms with Crippen molar-refractivity contribution in [2.75, 3.05) is 6.54 Å². The van der Waals surface area contributed by atoms with Crippen LogP contribution in [0.2, 0.25) is 10.0 Å². The Bertz CT molecular complexity index is 857. The van der Waals surface area contributed by atoms with Crippen molar-refractivity contribution >= 4 is 35.0 Å². The van der Waals surface area contributed by atoms with Crippen LogP contribution < -0.4 is 5.32 Å². The molecule has 152 valence electrons. The minimum absolute atomic E-state index is 0.0516. The molecule has 4 rings (SSSR count). The van der Waals surface area contributed by atoms with Gasteiger partial charge in [0.1, 0.15) is 11.2 Å². The van der Waals surface area contributed by atoms with Crippen molar-refractivity contribution in [3.05, 3.63) is 27.7 Å². The number of benzene rings is 1. The number of halogens is 5. The number of carbonyl (C=O) groups is 2. The number of likely N-dealkylation sites (tertiary alicyclic amines) is 1. The minimum Gasteiger partial charge on any atom is -0.506 e. The maximum Gasteiger partial charge on any atom is 0.403 e. The molecule has 2 N–H and O–H groups in total. The molecule has 0 spiro atoms. The molecule has 2 aliphatic carbocycles. The van der Waals surface area contributed by atoms with Gasteiger partial charge in [-0.05, 0) is 43.7 Å². The van der Waals surface area contributed by atoms with Gasteiger partial charge in [-0.3, -0.25) is 9.59 Å². The predicted octanol–water partition coefficient (Wildman–Crippen LogP) is 3.76. The number of phenols is 1. The normalized spacial score (nSPS) is 27.8. The fourth-order valence-electron chi connectivity index (χ4n) is 4.38. The summed E-state index contributed by atoms with van der Waals surface area (Å²) in [6.07, 6.45) is -3.91. The molecule has 2 amide bonds. The predicted molar refractivity (Wildman–Crippen MR) is 95.3 cm³/mol. The third-order valence-corrected chi connectivity index (χ3v) is 6.60. The van der Waals surface area contributed by atoms with E-state index in [-0.39, 0.29) is 58.7 Å². The average molecular weight is 437 g/mol. The van der Waals surface area contributed by atoms with Crippen LogP contribution in [0.15, 0.2) is 12.1 Å². The molecule has 3 aliphatic rings. The van der Waals surface area contributed by atoms with Crippen molar-refractivity contribution < 1.29 is 27.9 Å². The van der Waals surface area contributed by atoms with Crippen LogP contribution in [-0.2, 0) is 4.79 Å². The molecular weight excluding hydrogens is 420 g/mol. The molecule has 28 heavy (non-hydrogen) atoms. The summed E-state index contributed by atoms with van der Waals surface area (Å²) in [4.78, 5) is 26.3. The molecule has 0 unspecified atom stereocenters. The smallest absolute Gasteiger partial charge is 0.403 e. The summed E-state index contributed by atoms with van der Waals surface area (Å²) in [7, 11) is 0. The number of rotatable bonds is 3. The second-order valence-electron chi connectivity index (χ2n) is 7.79. The fraction of sp³-hybridized carbons (Fsp3) is 0.556. The topological polar surface area (TPSA) is 69.6 Å². The Morgan fingerprint density at radius 2 is 1.89 bits per heavy atom. The fourth-order valence-corrected chi connectivity index (χ4v) is 4.88. The highest BCUT2D eigenvalue weighted by molar-refractivity contribution is 6.36. The van der Waals surface area contributed by atoms with Gasteiger partial charge in [-0.25, -0.2) is 0 Å². The molecular formula is C18H17Cl2F3N2O3. The van der Waals surface area contributed by atoms with Gasteiger partial charge in [-0.15, -0.1) is 0 Å². The van der Waals surface area contributed by atoms with Crippen molar-refractivity contribution in [2.45, 2.75) is 43.9 Å². The van der Waals surface area contributed by atoms with Crippen molar-refractivity contribution in [3.63, 3.8) is 0 Å². The Hall–Kier alpha value is -1.67. The van der Waals surface area contributed by atoms with Crippen LogP contribution in [0.5, 0.6) is 5.75 Å². The highest BCUT2D eigenvalue weighted by Crippen LogP contribution is 2.59. The quantitative estimate of drug-likeness (QED) is 0.757. The number of alkyl halides is 3. The van der Waals surface area contributed by atoms with Gasteiger partial charge < -0.3 is 15.3 Å². The maximum absolute atomic E-state index is 13.2. The lowest BCUT2D eigenvalue weighted by atomic mass is 9.99. The first kappa shape index (κ1) is 19.6.